The summed E-state index contributed by atoms with van der Waals surface area (Å²) in [4.78, 5) is 24.2. The summed E-state index contributed by atoms with van der Waals surface area (Å²) in [5.41, 5.74) is 15.9. The van der Waals surface area contributed by atoms with Crippen LogP contribution >= 0.6 is 0 Å². The van der Waals surface area contributed by atoms with Crippen LogP contribution < -0.4 is 0 Å². The first-order valence-corrected chi connectivity index (χ1v) is 17.5. The van der Waals surface area contributed by atoms with Gasteiger partial charge in [0.1, 0.15) is 0 Å². The SMILES string of the molecule is Cc1cccc(-c2nc(-c3cccc(C)c3)nc(-c3cc(-c4ccc(-c5ccc(C)nc5)cc4)cc(-c4ccc(-c5ccc(C)nc5)cc4)c3)n2)c1. The van der Waals surface area contributed by atoms with Gasteiger partial charge in [-0.15, -0.1) is 0 Å². The Balaban J connectivity index is 1.28. The third-order valence-electron chi connectivity index (χ3n) is 9.31. The zero-order valence-corrected chi connectivity index (χ0v) is 29.7. The Morgan fingerprint density at radius 3 is 1.00 bits per heavy atom. The van der Waals surface area contributed by atoms with Crippen LogP contribution in [0.3, 0.4) is 0 Å². The van der Waals surface area contributed by atoms with E-state index in [0.717, 1.165) is 83.7 Å². The van der Waals surface area contributed by atoms with Gasteiger partial charge in [-0.2, -0.15) is 0 Å². The topological polar surface area (TPSA) is 64.5 Å². The van der Waals surface area contributed by atoms with Gasteiger partial charge in [0.15, 0.2) is 17.5 Å². The Morgan fingerprint density at radius 1 is 0.288 bits per heavy atom. The summed E-state index contributed by atoms with van der Waals surface area (Å²) >= 11 is 0. The monoisotopic (exact) mass is 671 g/mol. The molecule has 0 N–H and O–H groups in total. The molecule has 0 saturated heterocycles. The van der Waals surface area contributed by atoms with Gasteiger partial charge >= 0.3 is 0 Å². The lowest BCUT2D eigenvalue weighted by atomic mass is 9.94. The Hall–Kier alpha value is -6.59. The predicted octanol–water partition coefficient (Wildman–Crippen LogP) is 11.6. The fourth-order valence-corrected chi connectivity index (χ4v) is 6.41. The molecular formula is C47H37N5. The van der Waals surface area contributed by atoms with Crippen molar-refractivity contribution >= 4 is 0 Å². The van der Waals surface area contributed by atoms with Crippen molar-refractivity contribution in [2.45, 2.75) is 27.7 Å². The molecule has 5 heteroatoms. The normalized spacial score (nSPS) is 11.1. The summed E-state index contributed by atoms with van der Waals surface area (Å²) in [7, 11) is 0. The van der Waals surface area contributed by atoms with Crippen LogP contribution in [0.4, 0.5) is 0 Å². The molecule has 8 rings (SSSR count). The second-order valence-corrected chi connectivity index (χ2v) is 13.4. The highest BCUT2D eigenvalue weighted by atomic mass is 15.0. The number of pyridine rings is 2. The minimum Gasteiger partial charge on any atom is -0.261 e. The smallest absolute Gasteiger partial charge is 0.164 e. The van der Waals surface area contributed by atoms with Crippen molar-refractivity contribution in [3.8, 4) is 78.7 Å². The van der Waals surface area contributed by atoms with Gasteiger partial charge in [-0.05, 0) is 104 Å². The molecular weight excluding hydrogens is 635 g/mol. The van der Waals surface area contributed by atoms with Crippen LogP contribution in [0.2, 0.25) is 0 Å². The Labute approximate surface area is 304 Å². The second-order valence-electron chi connectivity index (χ2n) is 13.4. The lowest BCUT2D eigenvalue weighted by Gasteiger charge is -2.13. The molecule has 3 heterocycles. The zero-order chi connectivity index (χ0) is 35.6. The first-order valence-electron chi connectivity index (χ1n) is 17.5. The van der Waals surface area contributed by atoms with Gasteiger partial charge in [-0.25, -0.2) is 15.0 Å². The van der Waals surface area contributed by atoms with Crippen molar-refractivity contribution < 1.29 is 0 Å². The molecule has 0 radical (unpaired) electrons. The van der Waals surface area contributed by atoms with Gasteiger partial charge in [-0.3, -0.25) is 9.97 Å². The number of hydrogen-bond donors (Lipinski definition) is 0. The highest BCUT2D eigenvalue weighted by Gasteiger charge is 2.16. The minimum atomic E-state index is 0.621. The molecule has 0 spiro atoms. The van der Waals surface area contributed by atoms with Gasteiger partial charge in [-0.1, -0.05) is 108 Å². The third-order valence-corrected chi connectivity index (χ3v) is 9.31. The van der Waals surface area contributed by atoms with E-state index in [9.17, 15) is 0 Å². The highest BCUT2D eigenvalue weighted by molar-refractivity contribution is 5.82. The van der Waals surface area contributed by atoms with Crippen molar-refractivity contribution in [3.05, 3.63) is 174 Å². The number of hydrogen-bond acceptors (Lipinski definition) is 5. The second kappa shape index (κ2) is 14.0. The summed E-state index contributed by atoms with van der Waals surface area (Å²) in [5.74, 6) is 1.91. The fourth-order valence-electron chi connectivity index (χ4n) is 6.41. The Bertz CT molecular complexity index is 2350. The van der Waals surface area contributed by atoms with E-state index < -0.39 is 0 Å². The van der Waals surface area contributed by atoms with Crippen molar-refractivity contribution in [2.24, 2.45) is 0 Å². The summed E-state index contributed by atoms with van der Waals surface area (Å²) in [6.07, 6.45) is 3.86. The van der Waals surface area contributed by atoms with Crippen LogP contribution in [-0.4, -0.2) is 24.9 Å². The maximum atomic E-state index is 5.12. The fraction of sp³-hybridized carbons (Fsp3) is 0.0851. The summed E-state index contributed by atoms with van der Waals surface area (Å²) < 4.78 is 0. The average Bonchev–Trinajstić information content (AvgIpc) is 3.18. The number of aromatic nitrogens is 5. The van der Waals surface area contributed by atoms with Gasteiger partial charge in [0.05, 0.1) is 0 Å². The third kappa shape index (κ3) is 7.03. The van der Waals surface area contributed by atoms with Crippen LogP contribution in [0.25, 0.3) is 78.7 Å². The Morgan fingerprint density at radius 2 is 0.635 bits per heavy atom. The number of rotatable bonds is 7. The largest absolute Gasteiger partial charge is 0.261 e. The summed E-state index contributed by atoms with van der Waals surface area (Å²) in [5, 5.41) is 0. The molecule has 0 bridgehead atoms. The molecule has 52 heavy (non-hydrogen) atoms. The number of aryl methyl sites for hydroxylation is 4. The van der Waals surface area contributed by atoms with Crippen LogP contribution in [0.1, 0.15) is 22.5 Å². The number of benzene rings is 5. The molecule has 0 fully saturated rings. The van der Waals surface area contributed by atoms with Crippen LogP contribution in [0.5, 0.6) is 0 Å². The van der Waals surface area contributed by atoms with E-state index in [1.807, 2.05) is 50.5 Å². The highest BCUT2D eigenvalue weighted by Crippen LogP contribution is 2.35. The molecule has 0 aliphatic rings. The van der Waals surface area contributed by atoms with Gasteiger partial charge in [0, 0.05) is 51.6 Å². The summed E-state index contributed by atoms with van der Waals surface area (Å²) in [6.45, 7) is 8.18. The van der Waals surface area contributed by atoms with Crippen LogP contribution in [0.15, 0.2) is 152 Å². The molecule has 0 aliphatic carbocycles. The molecule has 0 atom stereocenters. The summed E-state index contributed by atoms with van der Waals surface area (Å²) in [6, 6.07) is 48.9. The molecule has 0 unspecified atom stereocenters. The van der Waals surface area contributed by atoms with Crippen molar-refractivity contribution in [3.63, 3.8) is 0 Å². The van der Waals surface area contributed by atoms with E-state index in [1.165, 1.54) is 0 Å². The lowest BCUT2D eigenvalue weighted by Crippen LogP contribution is -2.01. The minimum absolute atomic E-state index is 0.621. The quantitative estimate of drug-likeness (QED) is 0.169. The van der Waals surface area contributed by atoms with E-state index in [4.69, 9.17) is 15.0 Å². The first kappa shape index (κ1) is 32.6. The zero-order valence-electron chi connectivity index (χ0n) is 29.7. The van der Waals surface area contributed by atoms with Crippen LogP contribution in [-0.2, 0) is 0 Å². The standard InChI is InChI=1S/C47H37N5/c1-30-7-5-9-38(23-30)45-50-46(39-10-6-8-31(2)24-39)52-47(51-45)44-26-42(36-19-15-34(16-20-36)40-13-11-32(3)48-28-40)25-43(27-44)37-21-17-35(18-22-37)41-14-12-33(4)49-29-41/h5-29H,1-4H3. The van der Waals surface area contributed by atoms with Crippen molar-refractivity contribution in [1.29, 1.82) is 0 Å². The molecule has 5 nitrogen and oxygen atoms in total. The lowest BCUT2D eigenvalue weighted by molar-refractivity contribution is 1.07. The molecule has 5 aromatic carbocycles. The Kier molecular flexibility index (Phi) is 8.76. The van der Waals surface area contributed by atoms with Gasteiger partial charge in [0.25, 0.3) is 0 Å². The van der Waals surface area contributed by atoms with Crippen molar-refractivity contribution in [1.82, 2.24) is 24.9 Å². The van der Waals surface area contributed by atoms with E-state index in [0.29, 0.717) is 17.5 Å². The van der Waals surface area contributed by atoms with Crippen LogP contribution in [0, 0.1) is 27.7 Å². The molecule has 0 amide bonds. The van der Waals surface area contributed by atoms with E-state index in [2.05, 4.69) is 139 Å². The van der Waals surface area contributed by atoms with E-state index in [-0.39, 0.29) is 0 Å². The maximum absolute atomic E-state index is 5.12. The van der Waals surface area contributed by atoms with Gasteiger partial charge < -0.3 is 0 Å². The molecule has 0 saturated carbocycles. The number of nitrogens with zero attached hydrogens (tertiary/aromatic N) is 5. The van der Waals surface area contributed by atoms with Crippen molar-refractivity contribution in [2.75, 3.05) is 0 Å². The molecule has 250 valence electrons. The van der Waals surface area contributed by atoms with E-state index >= 15 is 0 Å². The molecule has 3 aromatic heterocycles. The molecule has 0 aliphatic heterocycles. The first-order chi connectivity index (χ1) is 25.3. The molecule has 8 aromatic rings. The van der Waals surface area contributed by atoms with E-state index in [1.54, 1.807) is 0 Å². The predicted molar refractivity (Wildman–Crippen MR) is 212 cm³/mol. The maximum Gasteiger partial charge on any atom is 0.164 e. The van der Waals surface area contributed by atoms with Gasteiger partial charge in [0.2, 0.25) is 0 Å². The average molecular weight is 672 g/mol.